The lowest BCUT2D eigenvalue weighted by Crippen LogP contribution is -2.30. The topological polar surface area (TPSA) is 117 Å². The average molecular weight is 506 g/mol. The third-order valence-electron chi connectivity index (χ3n) is 4.70. The van der Waals surface area contributed by atoms with Gasteiger partial charge in [0.05, 0.1) is 17.7 Å². The number of aromatic nitrogens is 1. The lowest BCUT2D eigenvalue weighted by molar-refractivity contribution is -0.192. The van der Waals surface area contributed by atoms with Crippen molar-refractivity contribution in [1.29, 1.82) is 0 Å². The molecule has 0 unspecified atom stereocenters. The molecule has 4 rings (SSSR count). The van der Waals surface area contributed by atoms with Gasteiger partial charge in [-0.15, -0.1) is 0 Å². The van der Waals surface area contributed by atoms with Crippen molar-refractivity contribution >= 4 is 41.0 Å². The van der Waals surface area contributed by atoms with Crippen molar-refractivity contribution < 1.29 is 37.5 Å². The molecule has 0 saturated carbocycles. The summed E-state index contributed by atoms with van der Waals surface area (Å²) in [6.45, 7) is -0.0517. The molecule has 35 heavy (non-hydrogen) atoms. The molecule has 8 nitrogen and oxygen atoms in total. The summed E-state index contributed by atoms with van der Waals surface area (Å²) in [7, 11) is 0. The Labute approximate surface area is 201 Å². The van der Waals surface area contributed by atoms with Crippen molar-refractivity contribution in [2.75, 3.05) is 5.32 Å². The van der Waals surface area contributed by atoms with Gasteiger partial charge in [-0.05, 0) is 36.4 Å². The average Bonchev–Trinajstić information content (AvgIpc) is 3.06. The Kier molecular flexibility index (Phi) is 7.50. The molecule has 0 radical (unpaired) electrons. The van der Waals surface area contributed by atoms with E-state index in [1.54, 1.807) is 60.7 Å². The summed E-state index contributed by atoms with van der Waals surface area (Å²) in [6, 6.07) is 16.7. The highest BCUT2D eigenvalue weighted by Crippen LogP contribution is 2.30. The van der Waals surface area contributed by atoms with E-state index in [2.05, 4.69) is 10.3 Å². The number of fused-ring (bicyclic) bond motifs is 1. The number of hydrogen-bond donors (Lipinski definition) is 2. The van der Waals surface area contributed by atoms with Gasteiger partial charge in [0.15, 0.2) is 0 Å². The summed E-state index contributed by atoms with van der Waals surface area (Å²) >= 11 is 6.33. The summed E-state index contributed by atoms with van der Waals surface area (Å²) in [5, 5.41) is 10.2. The Bertz CT molecular complexity index is 1260. The highest BCUT2D eigenvalue weighted by Gasteiger charge is 2.38. The van der Waals surface area contributed by atoms with Crippen molar-refractivity contribution in [3.8, 4) is 0 Å². The molecule has 1 aromatic heterocycles. The minimum Gasteiger partial charge on any atom is -0.475 e. The molecule has 3 amide bonds. The van der Waals surface area contributed by atoms with Crippen molar-refractivity contribution in [2.24, 2.45) is 0 Å². The Morgan fingerprint density at radius 3 is 2.03 bits per heavy atom. The third-order valence-corrected chi connectivity index (χ3v) is 5.06. The van der Waals surface area contributed by atoms with Crippen LogP contribution in [0, 0.1) is 0 Å². The Morgan fingerprint density at radius 2 is 1.51 bits per heavy atom. The molecule has 2 N–H and O–H groups in total. The summed E-state index contributed by atoms with van der Waals surface area (Å²) in [5.74, 6) is -3.94. The molecule has 0 spiro atoms. The van der Waals surface area contributed by atoms with E-state index in [-0.39, 0.29) is 24.1 Å². The maximum atomic E-state index is 12.6. The van der Waals surface area contributed by atoms with Crippen LogP contribution in [0.15, 0.2) is 66.9 Å². The predicted molar refractivity (Wildman–Crippen MR) is 118 cm³/mol. The molecule has 0 bridgehead atoms. The van der Waals surface area contributed by atoms with E-state index < -0.39 is 18.1 Å². The van der Waals surface area contributed by atoms with Gasteiger partial charge in [-0.25, -0.2) is 4.79 Å². The van der Waals surface area contributed by atoms with Gasteiger partial charge in [-0.1, -0.05) is 35.9 Å². The van der Waals surface area contributed by atoms with Gasteiger partial charge in [0.25, 0.3) is 17.7 Å². The quantitative estimate of drug-likeness (QED) is 0.507. The van der Waals surface area contributed by atoms with Gasteiger partial charge in [0.2, 0.25) is 0 Å². The molecule has 2 heterocycles. The summed E-state index contributed by atoms with van der Waals surface area (Å²) in [5.41, 5.74) is 1.86. The molecule has 0 fully saturated rings. The number of nitrogens with one attached hydrogen (secondary N) is 1. The monoisotopic (exact) mass is 505 g/mol. The van der Waals surface area contributed by atoms with Crippen LogP contribution in [-0.2, 0) is 11.3 Å². The number of benzene rings is 2. The number of carbonyl (C=O) groups is 4. The van der Waals surface area contributed by atoms with Crippen LogP contribution in [0.4, 0.5) is 18.9 Å². The number of aliphatic carboxylic acids is 1. The largest absolute Gasteiger partial charge is 0.490 e. The first-order chi connectivity index (χ1) is 16.5. The fourth-order valence-electron chi connectivity index (χ4n) is 3.06. The third kappa shape index (κ3) is 5.82. The number of pyridine rings is 1. The maximum absolute atomic E-state index is 12.6. The first-order valence-corrected chi connectivity index (χ1v) is 10.1. The van der Waals surface area contributed by atoms with Crippen LogP contribution in [0.2, 0.25) is 5.02 Å². The van der Waals surface area contributed by atoms with E-state index >= 15 is 0 Å². The molecule has 12 heteroatoms. The van der Waals surface area contributed by atoms with E-state index in [1.807, 2.05) is 0 Å². The Morgan fingerprint density at radius 1 is 0.943 bits per heavy atom. The molecule has 0 saturated heterocycles. The lowest BCUT2D eigenvalue weighted by atomic mass is 10.1. The molecular formula is C23H15ClF3N3O5. The zero-order chi connectivity index (χ0) is 25.8. The fourth-order valence-corrected chi connectivity index (χ4v) is 3.30. The first kappa shape index (κ1) is 25.4. The van der Waals surface area contributed by atoms with E-state index in [0.717, 1.165) is 4.90 Å². The van der Waals surface area contributed by atoms with Gasteiger partial charge in [0.1, 0.15) is 5.69 Å². The lowest BCUT2D eigenvalue weighted by Gasteiger charge is -2.18. The number of nitrogens with zero attached hydrogens (tertiary/aromatic N) is 2. The number of carboxylic acid groups (broad SMARTS) is 1. The van der Waals surface area contributed by atoms with E-state index in [9.17, 15) is 27.6 Å². The Hall–Kier alpha value is -4.25. The second kappa shape index (κ2) is 10.3. The first-order valence-electron chi connectivity index (χ1n) is 9.75. The molecular weight excluding hydrogens is 491 g/mol. The van der Waals surface area contributed by atoms with Crippen LogP contribution >= 0.6 is 11.6 Å². The summed E-state index contributed by atoms with van der Waals surface area (Å²) < 4.78 is 31.7. The number of hydrogen-bond acceptors (Lipinski definition) is 5. The standard InChI is InChI=1S/C21H14ClN3O3.C2HF3O2/c22-16-8-5-10-17(24-19(26)18-9-3-4-11-23-18)15(16)12-25-20(27)13-6-1-2-7-14(13)21(25)28;3-2(4,5)1(6)7/h1-11H,12H2,(H,24,26);(H,6,7). The van der Waals surface area contributed by atoms with Crippen LogP contribution in [0.5, 0.6) is 0 Å². The highest BCUT2D eigenvalue weighted by molar-refractivity contribution is 6.32. The van der Waals surface area contributed by atoms with E-state index in [1.165, 1.54) is 6.20 Å². The van der Waals surface area contributed by atoms with Gasteiger partial charge < -0.3 is 10.4 Å². The molecule has 2 aromatic carbocycles. The second-order valence-corrected chi connectivity index (χ2v) is 7.39. The number of imide groups is 1. The van der Waals surface area contributed by atoms with Gasteiger partial charge in [0, 0.05) is 22.5 Å². The maximum Gasteiger partial charge on any atom is 0.490 e. The zero-order valence-electron chi connectivity index (χ0n) is 17.5. The number of rotatable bonds is 4. The van der Waals surface area contributed by atoms with Gasteiger partial charge >= 0.3 is 12.1 Å². The molecule has 1 aliphatic rings. The number of alkyl halides is 3. The van der Waals surface area contributed by atoms with E-state index in [0.29, 0.717) is 27.4 Å². The predicted octanol–water partition coefficient (Wildman–Crippen LogP) is 4.42. The SMILES string of the molecule is O=C(Nc1cccc(Cl)c1CN1C(=O)c2ccccc2C1=O)c1ccccn1.O=C(O)C(F)(F)F. The number of halogens is 4. The van der Waals surface area contributed by atoms with E-state index in [4.69, 9.17) is 21.5 Å². The van der Waals surface area contributed by atoms with Gasteiger partial charge in [-0.3, -0.25) is 24.3 Å². The zero-order valence-corrected chi connectivity index (χ0v) is 18.3. The number of amides is 3. The summed E-state index contributed by atoms with van der Waals surface area (Å²) in [6.07, 6.45) is -3.56. The molecule has 3 aromatic rings. The molecule has 180 valence electrons. The van der Waals surface area contributed by atoms with Crippen molar-refractivity contribution in [1.82, 2.24) is 9.88 Å². The van der Waals surface area contributed by atoms with Crippen LogP contribution in [-0.4, -0.2) is 44.9 Å². The van der Waals surface area contributed by atoms with Crippen molar-refractivity contribution in [3.63, 3.8) is 0 Å². The minimum absolute atomic E-state index is 0.0517. The molecule has 0 atom stereocenters. The number of anilines is 1. The normalized spacial score (nSPS) is 12.5. The van der Waals surface area contributed by atoms with Crippen molar-refractivity contribution in [3.05, 3.63) is 94.3 Å². The van der Waals surface area contributed by atoms with Gasteiger partial charge in [-0.2, -0.15) is 13.2 Å². The highest BCUT2D eigenvalue weighted by atomic mass is 35.5. The number of carboxylic acids is 1. The Balaban J connectivity index is 0.000000429. The van der Waals surface area contributed by atoms with Crippen LogP contribution in [0.3, 0.4) is 0 Å². The molecule has 0 aliphatic carbocycles. The molecule has 1 aliphatic heterocycles. The van der Waals surface area contributed by atoms with Crippen molar-refractivity contribution in [2.45, 2.75) is 12.7 Å². The second-order valence-electron chi connectivity index (χ2n) is 6.98. The minimum atomic E-state index is -5.08. The fraction of sp³-hybridized carbons (Fsp3) is 0.0870. The smallest absolute Gasteiger partial charge is 0.475 e. The summed E-state index contributed by atoms with van der Waals surface area (Å²) in [4.78, 5) is 51.8. The van der Waals surface area contributed by atoms with Crippen LogP contribution in [0.25, 0.3) is 0 Å². The number of carbonyl (C=O) groups excluding carboxylic acids is 3. The van der Waals surface area contributed by atoms with Crippen LogP contribution < -0.4 is 5.32 Å². The van der Waals surface area contributed by atoms with Crippen LogP contribution in [0.1, 0.15) is 36.8 Å².